The Morgan fingerprint density at radius 1 is 0.900 bits per heavy atom. The van der Waals surface area contributed by atoms with Crippen LogP contribution in [0.15, 0.2) is 51.4 Å². The molecule has 0 aliphatic rings. The molecule has 6 heteroatoms. The van der Waals surface area contributed by atoms with Crippen molar-refractivity contribution < 1.29 is 14.7 Å². The third-order valence-electron chi connectivity index (χ3n) is 2.51. The molecule has 0 aromatic heterocycles. The van der Waals surface area contributed by atoms with Crippen LogP contribution >= 0.6 is 31.9 Å². The van der Waals surface area contributed by atoms with E-state index in [0.29, 0.717) is 15.7 Å². The lowest BCUT2D eigenvalue weighted by molar-refractivity contribution is 0.0696. The summed E-state index contributed by atoms with van der Waals surface area (Å²) in [6, 6.07) is 11.4. The Morgan fingerprint density at radius 3 is 2.15 bits per heavy atom. The van der Waals surface area contributed by atoms with Gasteiger partial charge in [0.15, 0.2) is 0 Å². The summed E-state index contributed by atoms with van der Waals surface area (Å²) in [5.74, 6) is -1.35. The Morgan fingerprint density at radius 2 is 1.55 bits per heavy atom. The number of hydrogen-bond acceptors (Lipinski definition) is 2. The zero-order valence-corrected chi connectivity index (χ0v) is 13.2. The van der Waals surface area contributed by atoms with Crippen LogP contribution in [0.25, 0.3) is 0 Å². The van der Waals surface area contributed by atoms with E-state index in [1.807, 2.05) is 0 Å². The van der Waals surface area contributed by atoms with Gasteiger partial charge in [0.1, 0.15) is 0 Å². The molecule has 2 N–H and O–H groups in total. The minimum atomic E-state index is -1.05. The molecule has 0 radical (unpaired) electrons. The van der Waals surface area contributed by atoms with Crippen LogP contribution in [0.4, 0.5) is 5.69 Å². The fourth-order valence-corrected chi connectivity index (χ4v) is 2.35. The molecule has 0 heterocycles. The summed E-state index contributed by atoms with van der Waals surface area (Å²) < 4.78 is 1.47. The average molecular weight is 399 g/mol. The number of carbonyl (C=O) groups excluding carboxylic acids is 1. The highest BCUT2D eigenvalue weighted by Gasteiger charge is 2.10. The van der Waals surface area contributed by atoms with Crippen molar-refractivity contribution in [3.8, 4) is 0 Å². The largest absolute Gasteiger partial charge is 0.478 e. The monoisotopic (exact) mass is 397 g/mol. The summed E-state index contributed by atoms with van der Waals surface area (Å²) in [6.45, 7) is 0. The molecule has 0 aliphatic heterocycles. The zero-order chi connectivity index (χ0) is 14.7. The van der Waals surface area contributed by atoms with Crippen molar-refractivity contribution in [2.75, 3.05) is 5.32 Å². The van der Waals surface area contributed by atoms with Gasteiger partial charge in [-0.15, -0.1) is 0 Å². The lowest BCUT2D eigenvalue weighted by Gasteiger charge is -2.07. The number of hydrogen-bond donors (Lipinski definition) is 2. The maximum atomic E-state index is 12.0. The number of halogens is 2. The maximum Gasteiger partial charge on any atom is 0.335 e. The van der Waals surface area contributed by atoms with Crippen molar-refractivity contribution in [3.63, 3.8) is 0 Å². The van der Waals surface area contributed by atoms with Gasteiger partial charge in [0.05, 0.1) is 5.56 Å². The Kier molecular flexibility index (Phi) is 4.57. The summed E-state index contributed by atoms with van der Waals surface area (Å²) in [5, 5.41) is 11.6. The number of nitrogens with one attached hydrogen (secondary N) is 1. The average Bonchev–Trinajstić information content (AvgIpc) is 2.38. The smallest absolute Gasteiger partial charge is 0.335 e. The zero-order valence-electron chi connectivity index (χ0n) is 10.1. The first-order valence-electron chi connectivity index (χ1n) is 5.56. The molecular formula is C14H9Br2NO3. The predicted molar refractivity (Wildman–Crippen MR) is 83.2 cm³/mol. The fraction of sp³-hybridized carbons (Fsp3) is 0. The number of carboxylic acid groups (broad SMARTS) is 1. The van der Waals surface area contributed by atoms with Crippen molar-refractivity contribution in [1.29, 1.82) is 0 Å². The van der Waals surface area contributed by atoms with E-state index >= 15 is 0 Å². The van der Waals surface area contributed by atoms with E-state index in [-0.39, 0.29) is 11.5 Å². The van der Waals surface area contributed by atoms with Crippen LogP contribution in [-0.2, 0) is 0 Å². The summed E-state index contributed by atoms with van der Waals surface area (Å²) in [5.41, 5.74) is 1.01. The third kappa shape index (κ3) is 3.68. The summed E-state index contributed by atoms with van der Waals surface area (Å²) >= 11 is 6.51. The Balaban J connectivity index is 2.23. The first kappa shape index (κ1) is 14.7. The van der Waals surface area contributed by atoms with Gasteiger partial charge in [-0.1, -0.05) is 31.9 Å². The molecule has 2 aromatic rings. The van der Waals surface area contributed by atoms with Gasteiger partial charge in [-0.25, -0.2) is 4.79 Å². The van der Waals surface area contributed by atoms with Crippen molar-refractivity contribution in [1.82, 2.24) is 0 Å². The second-order valence-corrected chi connectivity index (χ2v) is 5.83. The molecule has 102 valence electrons. The lowest BCUT2D eigenvalue weighted by Crippen LogP contribution is -2.12. The van der Waals surface area contributed by atoms with E-state index in [2.05, 4.69) is 37.2 Å². The van der Waals surface area contributed by atoms with Gasteiger partial charge in [-0.2, -0.15) is 0 Å². The number of anilines is 1. The van der Waals surface area contributed by atoms with Crippen LogP contribution in [0.2, 0.25) is 0 Å². The minimum Gasteiger partial charge on any atom is -0.478 e. The van der Waals surface area contributed by atoms with Gasteiger partial charge in [-0.05, 0) is 42.5 Å². The molecule has 4 nitrogen and oxygen atoms in total. The van der Waals surface area contributed by atoms with E-state index in [9.17, 15) is 9.59 Å². The molecule has 0 spiro atoms. The first-order valence-corrected chi connectivity index (χ1v) is 7.15. The van der Waals surface area contributed by atoms with Crippen LogP contribution in [0.3, 0.4) is 0 Å². The van der Waals surface area contributed by atoms with E-state index in [0.717, 1.165) is 4.47 Å². The fourth-order valence-electron chi connectivity index (χ4n) is 1.59. The van der Waals surface area contributed by atoms with Gasteiger partial charge in [0, 0.05) is 20.2 Å². The summed E-state index contributed by atoms with van der Waals surface area (Å²) in [6.07, 6.45) is 0. The second kappa shape index (κ2) is 6.19. The SMILES string of the molecule is O=C(O)c1cc(Br)cc(NC(=O)c2ccc(Br)cc2)c1. The van der Waals surface area contributed by atoms with Crippen molar-refractivity contribution in [2.24, 2.45) is 0 Å². The summed E-state index contributed by atoms with van der Waals surface area (Å²) in [7, 11) is 0. The van der Waals surface area contributed by atoms with Gasteiger partial charge < -0.3 is 10.4 Å². The number of carboxylic acids is 1. The van der Waals surface area contributed by atoms with E-state index < -0.39 is 5.97 Å². The summed E-state index contributed by atoms with van der Waals surface area (Å²) in [4.78, 5) is 23.0. The molecule has 0 fully saturated rings. The van der Waals surface area contributed by atoms with Crippen LogP contribution in [-0.4, -0.2) is 17.0 Å². The Bertz CT molecular complexity index is 669. The maximum absolute atomic E-state index is 12.0. The topological polar surface area (TPSA) is 66.4 Å². The number of benzene rings is 2. The Labute approximate surface area is 132 Å². The molecule has 0 bridgehead atoms. The van der Waals surface area contributed by atoms with Gasteiger partial charge >= 0.3 is 5.97 Å². The first-order chi connectivity index (χ1) is 9.45. The van der Waals surface area contributed by atoms with Crippen molar-refractivity contribution >= 4 is 49.4 Å². The second-order valence-electron chi connectivity index (χ2n) is 3.99. The molecule has 2 rings (SSSR count). The molecule has 0 saturated heterocycles. The number of rotatable bonds is 3. The number of amides is 1. The van der Waals surface area contributed by atoms with Crippen molar-refractivity contribution in [2.45, 2.75) is 0 Å². The molecule has 0 unspecified atom stereocenters. The van der Waals surface area contributed by atoms with Gasteiger partial charge in [-0.3, -0.25) is 4.79 Å². The molecule has 20 heavy (non-hydrogen) atoms. The number of aromatic carboxylic acids is 1. The van der Waals surface area contributed by atoms with Gasteiger partial charge in [0.25, 0.3) is 5.91 Å². The minimum absolute atomic E-state index is 0.102. The van der Waals surface area contributed by atoms with Crippen LogP contribution in [0, 0.1) is 0 Å². The molecular weight excluding hydrogens is 390 g/mol. The highest BCUT2D eigenvalue weighted by molar-refractivity contribution is 9.10. The van der Waals surface area contributed by atoms with Crippen molar-refractivity contribution in [3.05, 3.63) is 62.5 Å². The Hall–Kier alpha value is -1.66. The molecule has 0 aliphatic carbocycles. The highest BCUT2D eigenvalue weighted by Crippen LogP contribution is 2.20. The normalized spacial score (nSPS) is 10.1. The quantitative estimate of drug-likeness (QED) is 0.815. The molecule has 2 aromatic carbocycles. The van der Waals surface area contributed by atoms with Crippen LogP contribution in [0.1, 0.15) is 20.7 Å². The van der Waals surface area contributed by atoms with Crippen LogP contribution in [0.5, 0.6) is 0 Å². The number of carbonyl (C=O) groups is 2. The van der Waals surface area contributed by atoms with E-state index in [1.54, 1.807) is 30.3 Å². The predicted octanol–water partition coefficient (Wildman–Crippen LogP) is 4.16. The third-order valence-corrected chi connectivity index (χ3v) is 3.50. The molecule has 1 amide bonds. The standard InChI is InChI=1S/C14H9Br2NO3/c15-10-3-1-8(2-4-10)13(18)17-12-6-9(14(19)20)5-11(16)7-12/h1-7H,(H,17,18)(H,19,20). The highest BCUT2D eigenvalue weighted by atomic mass is 79.9. The van der Waals surface area contributed by atoms with Gasteiger partial charge in [0.2, 0.25) is 0 Å². The molecule has 0 atom stereocenters. The van der Waals surface area contributed by atoms with E-state index in [1.165, 1.54) is 12.1 Å². The van der Waals surface area contributed by atoms with Crippen LogP contribution < -0.4 is 5.32 Å². The lowest BCUT2D eigenvalue weighted by atomic mass is 10.2. The molecule has 0 saturated carbocycles. The van der Waals surface area contributed by atoms with E-state index in [4.69, 9.17) is 5.11 Å².